The number of aromatic nitrogens is 1. The van der Waals surface area contributed by atoms with E-state index in [2.05, 4.69) is 16.0 Å². The van der Waals surface area contributed by atoms with Gasteiger partial charge in [-0.1, -0.05) is 18.6 Å². The van der Waals surface area contributed by atoms with Gasteiger partial charge in [0.2, 0.25) is 10.0 Å². The Morgan fingerprint density at radius 1 is 1.00 bits per heavy atom. The molecule has 0 saturated carbocycles. The largest absolute Gasteiger partial charge is 0.336 e. The Morgan fingerprint density at radius 3 is 2.42 bits per heavy atom. The van der Waals surface area contributed by atoms with Crippen molar-refractivity contribution in [2.24, 2.45) is 0 Å². The first-order chi connectivity index (χ1) is 14.9. The minimum atomic E-state index is -3.57. The quantitative estimate of drug-likeness (QED) is 0.711. The molecule has 0 N–H and O–H groups in total. The first kappa shape index (κ1) is 21.9. The number of nitrogens with zero attached hydrogens (tertiary/aromatic N) is 4. The molecule has 166 valence electrons. The van der Waals surface area contributed by atoms with Crippen molar-refractivity contribution >= 4 is 15.9 Å². The first-order valence-corrected chi connectivity index (χ1v) is 12.4. The minimum absolute atomic E-state index is 0.101. The van der Waals surface area contributed by atoms with Crippen molar-refractivity contribution in [2.75, 3.05) is 39.3 Å². The Bertz CT molecular complexity index is 1010. The summed E-state index contributed by atoms with van der Waals surface area (Å²) >= 11 is 0. The molecule has 3 heterocycles. The Labute approximate surface area is 184 Å². The maximum absolute atomic E-state index is 13.2. The van der Waals surface area contributed by atoms with Gasteiger partial charge in [-0.05, 0) is 49.1 Å². The van der Waals surface area contributed by atoms with Gasteiger partial charge >= 0.3 is 0 Å². The summed E-state index contributed by atoms with van der Waals surface area (Å²) in [5, 5.41) is 0. The highest BCUT2D eigenvalue weighted by molar-refractivity contribution is 7.89. The molecule has 2 aliphatic rings. The molecule has 0 aliphatic carbocycles. The van der Waals surface area contributed by atoms with E-state index in [1.807, 2.05) is 17.2 Å². The predicted molar refractivity (Wildman–Crippen MR) is 119 cm³/mol. The lowest BCUT2D eigenvalue weighted by Gasteiger charge is -2.35. The van der Waals surface area contributed by atoms with Crippen molar-refractivity contribution in [3.63, 3.8) is 0 Å². The van der Waals surface area contributed by atoms with Crippen LogP contribution in [0, 0.1) is 6.92 Å². The summed E-state index contributed by atoms with van der Waals surface area (Å²) in [6.45, 7) is 6.54. The molecule has 2 aromatic rings. The first-order valence-electron chi connectivity index (χ1n) is 11.0. The van der Waals surface area contributed by atoms with Crippen LogP contribution in [0.5, 0.6) is 0 Å². The molecule has 0 bridgehead atoms. The second-order valence-corrected chi connectivity index (χ2v) is 10.3. The van der Waals surface area contributed by atoms with Crippen LogP contribution in [0.4, 0.5) is 0 Å². The monoisotopic (exact) mass is 442 g/mol. The third kappa shape index (κ3) is 4.97. The fraction of sp³-hybridized carbons (Fsp3) is 0.478. The lowest BCUT2D eigenvalue weighted by atomic mass is 10.1. The Hall–Kier alpha value is -2.29. The molecule has 0 atom stereocenters. The van der Waals surface area contributed by atoms with Crippen molar-refractivity contribution in [2.45, 2.75) is 37.6 Å². The van der Waals surface area contributed by atoms with Gasteiger partial charge in [0.05, 0.1) is 4.90 Å². The molecule has 1 aromatic carbocycles. The van der Waals surface area contributed by atoms with E-state index in [0.717, 1.165) is 44.5 Å². The van der Waals surface area contributed by atoms with E-state index in [1.165, 1.54) is 0 Å². The van der Waals surface area contributed by atoms with E-state index >= 15 is 0 Å². The molecule has 4 rings (SSSR count). The highest BCUT2D eigenvalue weighted by Crippen LogP contribution is 2.25. The lowest BCUT2D eigenvalue weighted by molar-refractivity contribution is 0.0628. The second kappa shape index (κ2) is 9.46. The van der Waals surface area contributed by atoms with Gasteiger partial charge in [0.15, 0.2) is 0 Å². The van der Waals surface area contributed by atoms with Gasteiger partial charge in [-0.25, -0.2) is 8.42 Å². The van der Waals surface area contributed by atoms with E-state index in [-0.39, 0.29) is 10.8 Å². The highest BCUT2D eigenvalue weighted by atomic mass is 32.2. The minimum Gasteiger partial charge on any atom is -0.336 e. The number of hydrogen-bond acceptors (Lipinski definition) is 5. The van der Waals surface area contributed by atoms with Crippen molar-refractivity contribution < 1.29 is 13.2 Å². The molecule has 0 radical (unpaired) electrons. The average molecular weight is 443 g/mol. The molecule has 1 aromatic heterocycles. The number of amides is 1. The number of carbonyl (C=O) groups is 1. The number of pyridine rings is 1. The van der Waals surface area contributed by atoms with E-state index in [1.54, 1.807) is 35.6 Å². The summed E-state index contributed by atoms with van der Waals surface area (Å²) in [6, 6.07) is 9.06. The Balaban J connectivity index is 1.44. The predicted octanol–water partition coefficient (Wildman–Crippen LogP) is 2.52. The zero-order valence-electron chi connectivity index (χ0n) is 18.0. The van der Waals surface area contributed by atoms with E-state index < -0.39 is 10.0 Å². The molecule has 7 nitrogen and oxygen atoms in total. The summed E-state index contributed by atoms with van der Waals surface area (Å²) in [7, 11) is -3.57. The Morgan fingerprint density at radius 2 is 1.74 bits per heavy atom. The van der Waals surface area contributed by atoms with Gasteiger partial charge in [0.1, 0.15) is 0 Å². The maximum atomic E-state index is 13.2. The summed E-state index contributed by atoms with van der Waals surface area (Å²) in [5.74, 6) is -0.101. The zero-order chi connectivity index (χ0) is 21.8. The lowest BCUT2D eigenvalue weighted by Crippen LogP contribution is -2.48. The SMILES string of the molecule is Cc1ccc(C(=O)N2CCN(Cc3cccnc3)CC2)cc1S(=O)(=O)N1CCCCC1. The van der Waals surface area contributed by atoms with Crippen LogP contribution in [-0.2, 0) is 16.6 Å². The fourth-order valence-corrected chi connectivity index (χ4v) is 6.06. The van der Waals surface area contributed by atoms with Gasteiger partial charge in [0.25, 0.3) is 5.91 Å². The average Bonchev–Trinajstić information content (AvgIpc) is 2.80. The zero-order valence-corrected chi connectivity index (χ0v) is 18.9. The van der Waals surface area contributed by atoms with Crippen LogP contribution in [0.25, 0.3) is 0 Å². The summed E-state index contributed by atoms with van der Waals surface area (Å²) < 4.78 is 27.9. The van der Waals surface area contributed by atoms with E-state index in [9.17, 15) is 13.2 Å². The van der Waals surface area contributed by atoms with Crippen LogP contribution in [0.2, 0.25) is 0 Å². The molecule has 8 heteroatoms. The normalized spacial score (nSPS) is 18.8. The van der Waals surface area contributed by atoms with Crippen molar-refractivity contribution in [3.05, 3.63) is 59.4 Å². The molecular formula is C23H30N4O3S. The number of piperidine rings is 1. The molecule has 0 spiro atoms. The van der Waals surface area contributed by atoms with Crippen LogP contribution in [-0.4, -0.2) is 72.7 Å². The van der Waals surface area contributed by atoms with Crippen LogP contribution < -0.4 is 0 Å². The van der Waals surface area contributed by atoms with Crippen molar-refractivity contribution in [3.8, 4) is 0 Å². The molecule has 31 heavy (non-hydrogen) atoms. The van der Waals surface area contributed by atoms with Gasteiger partial charge < -0.3 is 4.90 Å². The number of benzene rings is 1. The molecular weight excluding hydrogens is 412 g/mol. The third-order valence-electron chi connectivity index (χ3n) is 6.16. The third-order valence-corrected chi connectivity index (χ3v) is 8.20. The molecule has 1 amide bonds. The Kier molecular flexibility index (Phi) is 6.69. The number of hydrogen-bond donors (Lipinski definition) is 0. The number of piperazine rings is 1. The molecule has 2 aliphatic heterocycles. The van der Waals surface area contributed by atoms with Crippen LogP contribution in [0.15, 0.2) is 47.6 Å². The van der Waals surface area contributed by atoms with Crippen LogP contribution in [0.3, 0.4) is 0 Å². The molecule has 0 unspecified atom stereocenters. The number of aryl methyl sites for hydroxylation is 1. The number of rotatable bonds is 5. The maximum Gasteiger partial charge on any atom is 0.253 e. The molecule has 2 fully saturated rings. The van der Waals surface area contributed by atoms with E-state index in [4.69, 9.17) is 0 Å². The number of sulfonamides is 1. The summed E-state index contributed by atoms with van der Waals surface area (Å²) in [6.07, 6.45) is 6.48. The highest BCUT2D eigenvalue weighted by Gasteiger charge is 2.29. The van der Waals surface area contributed by atoms with Gasteiger partial charge in [0, 0.05) is 63.8 Å². The molecule has 2 saturated heterocycles. The second-order valence-electron chi connectivity index (χ2n) is 8.37. The fourth-order valence-electron chi connectivity index (χ4n) is 4.30. The standard InChI is InChI=1S/C23H30N4O3S/c1-19-7-8-21(16-22(19)31(29,30)27-10-3-2-4-11-27)23(28)26-14-12-25(13-15-26)18-20-6-5-9-24-17-20/h5-9,16-17H,2-4,10-15,18H2,1H3. The summed E-state index contributed by atoms with van der Waals surface area (Å²) in [5.41, 5.74) is 2.29. The van der Waals surface area contributed by atoms with Crippen molar-refractivity contribution in [1.29, 1.82) is 0 Å². The van der Waals surface area contributed by atoms with Gasteiger partial charge in [-0.3, -0.25) is 14.7 Å². The smallest absolute Gasteiger partial charge is 0.253 e. The van der Waals surface area contributed by atoms with Crippen LogP contribution >= 0.6 is 0 Å². The van der Waals surface area contributed by atoms with Gasteiger partial charge in [-0.15, -0.1) is 0 Å². The van der Waals surface area contributed by atoms with Crippen LogP contribution in [0.1, 0.15) is 40.7 Å². The number of carbonyl (C=O) groups excluding carboxylic acids is 1. The van der Waals surface area contributed by atoms with Crippen molar-refractivity contribution in [1.82, 2.24) is 19.1 Å². The topological polar surface area (TPSA) is 73.8 Å². The summed E-state index contributed by atoms with van der Waals surface area (Å²) in [4.78, 5) is 21.7. The van der Waals surface area contributed by atoms with E-state index in [0.29, 0.717) is 37.3 Å². The van der Waals surface area contributed by atoms with Gasteiger partial charge in [-0.2, -0.15) is 4.31 Å².